The lowest BCUT2D eigenvalue weighted by atomic mass is 10.1. The van der Waals surface area contributed by atoms with Gasteiger partial charge in [-0.05, 0) is 42.3 Å². The van der Waals surface area contributed by atoms with Crippen LogP contribution >= 0.6 is 11.6 Å². The molecule has 0 N–H and O–H groups in total. The molecule has 7 heteroatoms. The summed E-state index contributed by atoms with van der Waals surface area (Å²) in [5.41, 5.74) is 1.67. The van der Waals surface area contributed by atoms with Gasteiger partial charge in [-0.3, -0.25) is 9.36 Å². The molecular weight excluding hydrogens is 362 g/mol. The van der Waals surface area contributed by atoms with E-state index in [-0.39, 0.29) is 11.3 Å². The number of para-hydroxylation sites is 1. The SMILES string of the molecule is O=c1c2ccc(Cl)cc2nc2n1CC/C2=C\c1ccccc1OC(F)F. The highest BCUT2D eigenvalue weighted by molar-refractivity contribution is 6.31. The molecule has 26 heavy (non-hydrogen) atoms. The zero-order valence-corrected chi connectivity index (χ0v) is 14.2. The number of ether oxygens (including phenoxy) is 1. The topological polar surface area (TPSA) is 44.1 Å². The van der Waals surface area contributed by atoms with Crippen LogP contribution in [-0.4, -0.2) is 16.2 Å². The molecule has 0 radical (unpaired) electrons. The molecule has 1 aliphatic rings. The molecule has 0 amide bonds. The Bertz CT molecular complexity index is 1090. The van der Waals surface area contributed by atoms with Crippen molar-refractivity contribution in [2.75, 3.05) is 0 Å². The van der Waals surface area contributed by atoms with Gasteiger partial charge in [0, 0.05) is 17.1 Å². The third-order valence-electron chi connectivity index (χ3n) is 4.27. The van der Waals surface area contributed by atoms with Crippen molar-refractivity contribution in [3.05, 3.63) is 69.2 Å². The standard InChI is InChI=1S/C19H13ClF2N2O2/c20-13-5-6-14-15(10-13)23-17-12(7-8-24(17)18(14)25)9-11-3-1-2-4-16(11)26-19(21)22/h1-6,9-10,19H,7-8H2/b12-9+. The average Bonchev–Trinajstić information content (AvgIpc) is 2.99. The fraction of sp³-hybridized carbons (Fsp3) is 0.158. The van der Waals surface area contributed by atoms with Crippen LogP contribution in [0.1, 0.15) is 17.8 Å². The van der Waals surface area contributed by atoms with Gasteiger partial charge in [-0.25, -0.2) is 4.98 Å². The monoisotopic (exact) mass is 374 g/mol. The molecule has 0 bridgehead atoms. The van der Waals surface area contributed by atoms with Crippen molar-refractivity contribution in [3.8, 4) is 5.75 Å². The number of allylic oxidation sites excluding steroid dienone is 1. The highest BCUT2D eigenvalue weighted by Gasteiger charge is 2.21. The maximum absolute atomic E-state index is 12.7. The number of hydrogen-bond donors (Lipinski definition) is 0. The molecule has 1 aliphatic heterocycles. The number of halogens is 3. The molecule has 0 spiro atoms. The van der Waals surface area contributed by atoms with Gasteiger partial charge in [-0.1, -0.05) is 29.8 Å². The Kier molecular flexibility index (Phi) is 4.20. The second kappa shape index (κ2) is 6.53. The number of hydrogen-bond acceptors (Lipinski definition) is 3. The van der Waals surface area contributed by atoms with Crippen LogP contribution in [0.4, 0.5) is 8.78 Å². The largest absolute Gasteiger partial charge is 0.434 e. The first-order valence-electron chi connectivity index (χ1n) is 7.98. The van der Waals surface area contributed by atoms with E-state index in [1.54, 1.807) is 47.0 Å². The number of benzene rings is 2. The molecule has 2 aromatic carbocycles. The van der Waals surface area contributed by atoms with Crippen LogP contribution in [0.15, 0.2) is 47.3 Å². The normalized spacial score (nSPS) is 15.0. The Morgan fingerprint density at radius 2 is 2.04 bits per heavy atom. The smallest absolute Gasteiger partial charge is 0.387 e. The van der Waals surface area contributed by atoms with Crippen molar-refractivity contribution in [1.82, 2.24) is 9.55 Å². The van der Waals surface area contributed by atoms with E-state index in [9.17, 15) is 13.6 Å². The summed E-state index contributed by atoms with van der Waals surface area (Å²) < 4.78 is 31.4. The van der Waals surface area contributed by atoms with E-state index in [0.717, 1.165) is 5.57 Å². The minimum Gasteiger partial charge on any atom is -0.434 e. The predicted octanol–water partition coefficient (Wildman–Crippen LogP) is 4.60. The Morgan fingerprint density at radius 1 is 1.23 bits per heavy atom. The summed E-state index contributed by atoms with van der Waals surface area (Å²) in [6.07, 6.45) is 2.31. The van der Waals surface area contributed by atoms with E-state index >= 15 is 0 Å². The van der Waals surface area contributed by atoms with Gasteiger partial charge in [0.05, 0.1) is 10.9 Å². The van der Waals surface area contributed by atoms with Crippen LogP contribution in [0.5, 0.6) is 5.75 Å². The van der Waals surface area contributed by atoms with Crippen LogP contribution in [0.2, 0.25) is 5.02 Å². The summed E-state index contributed by atoms with van der Waals surface area (Å²) in [6.45, 7) is -2.42. The molecule has 0 fully saturated rings. The van der Waals surface area contributed by atoms with Crippen LogP contribution < -0.4 is 10.3 Å². The van der Waals surface area contributed by atoms with Gasteiger partial charge in [-0.15, -0.1) is 0 Å². The van der Waals surface area contributed by atoms with Gasteiger partial charge in [0.1, 0.15) is 11.6 Å². The molecule has 132 valence electrons. The zero-order valence-electron chi connectivity index (χ0n) is 13.5. The quantitative estimate of drug-likeness (QED) is 0.673. The number of aromatic nitrogens is 2. The first-order chi connectivity index (χ1) is 12.5. The lowest BCUT2D eigenvalue weighted by molar-refractivity contribution is -0.0499. The second-order valence-electron chi connectivity index (χ2n) is 5.89. The van der Waals surface area contributed by atoms with Crippen molar-refractivity contribution in [2.45, 2.75) is 19.6 Å². The third-order valence-corrected chi connectivity index (χ3v) is 4.51. The molecule has 0 unspecified atom stereocenters. The lowest BCUT2D eigenvalue weighted by Crippen LogP contribution is -2.20. The molecule has 4 rings (SSSR count). The van der Waals surface area contributed by atoms with E-state index in [1.807, 2.05) is 0 Å². The summed E-state index contributed by atoms with van der Waals surface area (Å²) in [4.78, 5) is 17.2. The number of rotatable bonds is 3. The summed E-state index contributed by atoms with van der Waals surface area (Å²) in [5.74, 6) is 0.608. The van der Waals surface area contributed by atoms with Gasteiger partial charge in [0.25, 0.3) is 5.56 Å². The summed E-state index contributed by atoms with van der Waals surface area (Å²) >= 11 is 6.01. The third kappa shape index (κ3) is 2.97. The molecule has 0 aliphatic carbocycles. The molecule has 0 atom stereocenters. The first kappa shape index (κ1) is 16.7. The predicted molar refractivity (Wildman–Crippen MR) is 96.6 cm³/mol. The van der Waals surface area contributed by atoms with Gasteiger partial charge < -0.3 is 4.74 Å². The minimum atomic E-state index is -2.91. The number of alkyl halides is 2. The molecule has 0 saturated carbocycles. The van der Waals surface area contributed by atoms with E-state index in [0.29, 0.717) is 40.3 Å². The highest BCUT2D eigenvalue weighted by atomic mass is 35.5. The number of fused-ring (bicyclic) bond motifs is 2. The highest BCUT2D eigenvalue weighted by Crippen LogP contribution is 2.31. The van der Waals surface area contributed by atoms with Crippen LogP contribution in [0.3, 0.4) is 0 Å². The Labute approximate surface area is 152 Å². The Balaban J connectivity index is 1.85. The van der Waals surface area contributed by atoms with Crippen molar-refractivity contribution in [3.63, 3.8) is 0 Å². The molecule has 0 saturated heterocycles. The van der Waals surface area contributed by atoms with E-state index in [1.165, 1.54) is 6.07 Å². The van der Waals surface area contributed by atoms with Crippen LogP contribution in [0, 0.1) is 0 Å². The molecule has 4 nitrogen and oxygen atoms in total. The van der Waals surface area contributed by atoms with Gasteiger partial charge >= 0.3 is 6.61 Å². The van der Waals surface area contributed by atoms with Gasteiger partial charge in [-0.2, -0.15) is 8.78 Å². The molecule has 2 heterocycles. The zero-order chi connectivity index (χ0) is 18.3. The average molecular weight is 375 g/mol. The maximum atomic E-state index is 12.7. The van der Waals surface area contributed by atoms with Gasteiger partial charge in [0.15, 0.2) is 0 Å². The molecule has 1 aromatic heterocycles. The Morgan fingerprint density at radius 3 is 2.85 bits per heavy atom. The maximum Gasteiger partial charge on any atom is 0.387 e. The fourth-order valence-corrected chi connectivity index (χ4v) is 3.28. The summed E-state index contributed by atoms with van der Waals surface area (Å²) in [7, 11) is 0. The first-order valence-corrected chi connectivity index (χ1v) is 8.35. The van der Waals surface area contributed by atoms with Crippen molar-refractivity contribution >= 4 is 34.2 Å². The van der Waals surface area contributed by atoms with E-state index in [4.69, 9.17) is 11.6 Å². The molecule has 3 aromatic rings. The lowest BCUT2D eigenvalue weighted by Gasteiger charge is -2.09. The Hall–Kier alpha value is -2.73. The van der Waals surface area contributed by atoms with Crippen LogP contribution in [-0.2, 0) is 6.54 Å². The van der Waals surface area contributed by atoms with Crippen molar-refractivity contribution in [1.29, 1.82) is 0 Å². The van der Waals surface area contributed by atoms with Crippen LogP contribution in [0.25, 0.3) is 22.6 Å². The van der Waals surface area contributed by atoms with Crippen molar-refractivity contribution < 1.29 is 13.5 Å². The second-order valence-corrected chi connectivity index (χ2v) is 6.33. The fourth-order valence-electron chi connectivity index (χ4n) is 3.12. The summed E-state index contributed by atoms with van der Waals surface area (Å²) in [5, 5.41) is 0.995. The van der Waals surface area contributed by atoms with Gasteiger partial charge in [0.2, 0.25) is 0 Å². The number of nitrogens with zero attached hydrogens (tertiary/aromatic N) is 2. The van der Waals surface area contributed by atoms with E-state index < -0.39 is 6.61 Å². The van der Waals surface area contributed by atoms with Crippen molar-refractivity contribution in [2.24, 2.45) is 0 Å². The summed E-state index contributed by atoms with van der Waals surface area (Å²) in [6, 6.07) is 11.5. The molecular formula is C19H13ClF2N2O2. The minimum absolute atomic E-state index is 0.0830. The van der Waals surface area contributed by atoms with E-state index in [2.05, 4.69) is 9.72 Å².